The summed E-state index contributed by atoms with van der Waals surface area (Å²) in [7, 11) is 0. The second-order valence-corrected chi connectivity index (χ2v) is 26.1. The molecule has 15 atom stereocenters. The standard InChI is InChI=1S/C66H110O8/c1-7-10-12-14-15-21-27-53-35-34-52(26-20-13-11-8-2)57(28-22-17-19-25-31-65(69)73-46-56-41-54-42-61(56)62-40-51(39-60(54)62)44-71-63(67)9-3)58(53)29-23-16-18-24-30-64(68)72-45-55-37-49-32-33-50(36-48(6)59(55)38-49)43-74-66(70)47(4)5/h9,48-62H,3-4,7-8,10-46H2,1-2,5-6H3. The number of unbranched alkanes of at least 4 members (excludes halogenated alkanes) is 14. The molecule has 0 radical (unpaired) electrons. The van der Waals surface area contributed by atoms with Gasteiger partial charge in [0.2, 0.25) is 0 Å². The van der Waals surface area contributed by atoms with Crippen molar-refractivity contribution in [3.8, 4) is 0 Å². The molecule has 8 heteroatoms. The molecule has 0 spiro atoms. The summed E-state index contributed by atoms with van der Waals surface area (Å²) in [4.78, 5) is 49.9. The molecule has 422 valence electrons. The molecule has 0 amide bonds. The first kappa shape index (κ1) is 60.6. The second kappa shape index (κ2) is 32.9. The Morgan fingerprint density at radius 2 is 1.00 bits per heavy atom. The van der Waals surface area contributed by atoms with Gasteiger partial charge in [0.05, 0.1) is 26.4 Å². The fraction of sp³-hybridized carbons (Fsp3) is 0.879. The number of hydrogen-bond donors (Lipinski definition) is 0. The predicted molar refractivity (Wildman–Crippen MR) is 300 cm³/mol. The Hall–Kier alpha value is -2.64. The van der Waals surface area contributed by atoms with Crippen LogP contribution in [0.25, 0.3) is 0 Å². The van der Waals surface area contributed by atoms with Gasteiger partial charge >= 0.3 is 23.9 Å². The number of carbonyl (C=O) groups excluding carboxylic acids is 4. The van der Waals surface area contributed by atoms with E-state index in [9.17, 15) is 19.2 Å². The van der Waals surface area contributed by atoms with E-state index in [1.165, 1.54) is 167 Å². The molecule has 6 fully saturated rings. The lowest BCUT2D eigenvalue weighted by molar-refractivity contribution is -0.146. The summed E-state index contributed by atoms with van der Waals surface area (Å²) in [6.07, 6.45) is 44.0. The largest absolute Gasteiger partial charge is 0.465 e. The van der Waals surface area contributed by atoms with Crippen LogP contribution in [-0.4, -0.2) is 50.3 Å². The monoisotopic (exact) mass is 1030 g/mol. The van der Waals surface area contributed by atoms with E-state index in [2.05, 4.69) is 33.9 Å². The van der Waals surface area contributed by atoms with Crippen molar-refractivity contribution in [1.82, 2.24) is 0 Å². The molecule has 0 saturated heterocycles. The zero-order valence-corrected chi connectivity index (χ0v) is 48.0. The van der Waals surface area contributed by atoms with Crippen LogP contribution >= 0.6 is 0 Å². The molecule has 6 aliphatic carbocycles. The van der Waals surface area contributed by atoms with Gasteiger partial charge in [-0.25, -0.2) is 9.59 Å². The Bertz CT molecular complexity index is 1690. The van der Waals surface area contributed by atoms with Crippen LogP contribution in [0.3, 0.4) is 0 Å². The van der Waals surface area contributed by atoms with E-state index in [0.29, 0.717) is 98.1 Å². The van der Waals surface area contributed by atoms with E-state index in [1.54, 1.807) is 6.92 Å². The van der Waals surface area contributed by atoms with Crippen molar-refractivity contribution >= 4 is 23.9 Å². The van der Waals surface area contributed by atoms with E-state index in [4.69, 9.17) is 18.9 Å². The minimum Gasteiger partial charge on any atom is -0.465 e. The molecule has 74 heavy (non-hydrogen) atoms. The average Bonchev–Trinajstić information content (AvgIpc) is 4.20. The Morgan fingerprint density at radius 1 is 0.473 bits per heavy atom. The fourth-order valence-corrected chi connectivity index (χ4v) is 16.8. The smallest absolute Gasteiger partial charge is 0.333 e. The van der Waals surface area contributed by atoms with Crippen LogP contribution in [0.1, 0.15) is 252 Å². The summed E-state index contributed by atoms with van der Waals surface area (Å²) < 4.78 is 23.0. The van der Waals surface area contributed by atoms with Gasteiger partial charge in [-0.15, -0.1) is 0 Å². The topological polar surface area (TPSA) is 105 Å². The van der Waals surface area contributed by atoms with Crippen molar-refractivity contribution in [3.63, 3.8) is 0 Å². The normalized spacial score (nSPS) is 32.1. The number of hydrogen-bond acceptors (Lipinski definition) is 8. The molecule has 15 unspecified atom stereocenters. The highest BCUT2D eigenvalue weighted by atomic mass is 16.5. The minimum absolute atomic E-state index is 0.00240. The summed E-state index contributed by atoms with van der Waals surface area (Å²) in [6.45, 7) is 18.2. The molecule has 6 rings (SSSR count). The van der Waals surface area contributed by atoms with E-state index >= 15 is 0 Å². The van der Waals surface area contributed by atoms with Gasteiger partial charge in [-0.2, -0.15) is 0 Å². The first-order valence-electron chi connectivity index (χ1n) is 31.9. The zero-order valence-electron chi connectivity index (χ0n) is 48.0. The summed E-state index contributed by atoms with van der Waals surface area (Å²) in [6, 6.07) is 0. The van der Waals surface area contributed by atoms with Crippen LogP contribution in [0, 0.1) is 88.8 Å². The number of carbonyl (C=O) groups is 4. The summed E-state index contributed by atoms with van der Waals surface area (Å²) >= 11 is 0. The van der Waals surface area contributed by atoms with Gasteiger partial charge in [-0.1, -0.05) is 156 Å². The third-order valence-corrected chi connectivity index (χ3v) is 20.7. The SMILES string of the molecule is C=CC(=O)OCC1CC2C3CC(COC(=O)CCCCCCC4C(CCCCCC)CCC(CCCCCCCC)C4CCCCCCC(=O)OCC4CC5CCC(COC(=O)C(=C)C)CC(C)C4C5)C(C3)C2C1. The quantitative estimate of drug-likeness (QED) is 0.0264. The average molecular weight is 1030 g/mol. The Balaban J connectivity index is 0.909. The summed E-state index contributed by atoms with van der Waals surface area (Å²) in [5.74, 6) is 9.26. The van der Waals surface area contributed by atoms with Gasteiger partial charge in [0.15, 0.2) is 0 Å². The molecule has 0 aliphatic heterocycles. The molecule has 8 nitrogen and oxygen atoms in total. The lowest BCUT2D eigenvalue weighted by Crippen LogP contribution is -2.35. The van der Waals surface area contributed by atoms with E-state index < -0.39 is 0 Å². The van der Waals surface area contributed by atoms with Crippen LogP contribution in [-0.2, 0) is 38.1 Å². The summed E-state index contributed by atoms with van der Waals surface area (Å²) in [5.41, 5.74) is 0.466. The second-order valence-electron chi connectivity index (χ2n) is 26.1. The van der Waals surface area contributed by atoms with E-state index in [0.717, 1.165) is 86.9 Å². The lowest BCUT2D eigenvalue weighted by Gasteiger charge is -2.44. The Kier molecular flexibility index (Phi) is 27.0. The molecule has 0 aromatic heterocycles. The third kappa shape index (κ3) is 19.4. The number of esters is 4. The van der Waals surface area contributed by atoms with E-state index in [1.807, 2.05) is 0 Å². The van der Waals surface area contributed by atoms with Gasteiger partial charge in [0, 0.05) is 24.5 Å². The zero-order chi connectivity index (χ0) is 52.7. The number of ether oxygens (including phenoxy) is 4. The maximum Gasteiger partial charge on any atom is 0.333 e. The predicted octanol–water partition coefficient (Wildman–Crippen LogP) is 17.0. The molecular formula is C66H110O8. The Labute approximate surface area is 452 Å². The van der Waals surface area contributed by atoms with Crippen LogP contribution < -0.4 is 0 Å². The highest BCUT2D eigenvalue weighted by Crippen LogP contribution is 2.62. The number of fused-ring (bicyclic) bond motifs is 7. The van der Waals surface area contributed by atoms with Crippen molar-refractivity contribution in [1.29, 1.82) is 0 Å². The van der Waals surface area contributed by atoms with Crippen molar-refractivity contribution in [2.24, 2.45) is 88.8 Å². The van der Waals surface area contributed by atoms with Gasteiger partial charge in [0.1, 0.15) is 0 Å². The van der Waals surface area contributed by atoms with Crippen molar-refractivity contribution < 1.29 is 38.1 Å². The first-order valence-corrected chi connectivity index (χ1v) is 31.9. The molecule has 0 N–H and O–H groups in total. The first-order chi connectivity index (χ1) is 36.0. The minimum atomic E-state index is -0.314. The maximum absolute atomic E-state index is 13.1. The highest BCUT2D eigenvalue weighted by Gasteiger charge is 2.56. The molecule has 6 saturated carbocycles. The van der Waals surface area contributed by atoms with Crippen LogP contribution in [0.4, 0.5) is 0 Å². The Morgan fingerprint density at radius 3 is 1.59 bits per heavy atom. The number of rotatable bonds is 36. The van der Waals surface area contributed by atoms with E-state index in [-0.39, 0.29) is 23.9 Å². The highest BCUT2D eigenvalue weighted by molar-refractivity contribution is 5.86. The maximum atomic E-state index is 13.1. The molecule has 0 aromatic carbocycles. The molecule has 6 aliphatic rings. The van der Waals surface area contributed by atoms with Crippen molar-refractivity contribution in [2.45, 2.75) is 252 Å². The summed E-state index contributed by atoms with van der Waals surface area (Å²) in [5, 5.41) is 0. The molecule has 0 aromatic rings. The van der Waals surface area contributed by atoms with Gasteiger partial charge in [-0.3, -0.25) is 9.59 Å². The van der Waals surface area contributed by atoms with Crippen LogP contribution in [0.5, 0.6) is 0 Å². The van der Waals surface area contributed by atoms with Crippen molar-refractivity contribution in [2.75, 3.05) is 26.4 Å². The molecular weight excluding hydrogens is 921 g/mol. The third-order valence-electron chi connectivity index (χ3n) is 20.7. The van der Waals surface area contributed by atoms with Crippen LogP contribution in [0.15, 0.2) is 24.8 Å². The molecule has 0 heterocycles. The van der Waals surface area contributed by atoms with Crippen LogP contribution in [0.2, 0.25) is 0 Å². The van der Waals surface area contributed by atoms with Crippen molar-refractivity contribution in [3.05, 3.63) is 24.8 Å². The fourth-order valence-electron chi connectivity index (χ4n) is 16.8. The lowest BCUT2D eigenvalue weighted by atomic mass is 9.61. The van der Waals surface area contributed by atoms with Gasteiger partial charge < -0.3 is 18.9 Å². The van der Waals surface area contributed by atoms with Gasteiger partial charge in [0.25, 0.3) is 0 Å². The molecule has 4 bridgehead atoms. The van der Waals surface area contributed by atoms with Gasteiger partial charge in [-0.05, 0) is 186 Å².